The van der Waals surface area contributed by atoms with Gasteiger partial charge in [-0.1, -0.05) is 11.6 Å². The summed E-state index contributed by atoms with van der Waals surface area (Å²) < 4.78 is 27.3. The first-order chi connectivity index (χ1) is 13.3. The highest BCUT2D eigenvalue weighted by molar-refractivity contribution is 7.91. The number of imide groups is 1. The molecule has 3 heterocycles. The van der Waals surface area contributed by atoms with E-state index in [-0.39, 0.29) is 21.9 Å². The molecular weight excluding hydrogens is 426 g/mol. The van der Waals surface area contributed by atoms with Gasteiger partial charge >= 0.3 is 0 Å². The van der Waals surface area contributed by atoms with Crippen LogP contribution in [0.3, 0.4) is 0 Å². The molecule has 1 atom stereocenters. The van der Waals surface area contributed by atoms with E-state index in [1.54, 1.807) is 0 Å². The normalized spacial score (nSPS) is 19.5. The van der Waals surface area contributed by atoms with Crippen molar-refractivity contribution in [3.63, 3.8) is 0 Å². The number of nitrogens with one attached hydrogen (secondary N) is 2. The minimum absolute atomic E-state index is 0.0879. The molecule has 0 unspecified atom stereocenters. The van der Waals surface area contributed by atoms with Crippen molar-refractivity contribution in [2.45, 2.75) is 23.1 Å². The molecule has 4 rings (SSSR count). The Morgan fingerprint density at radius 1 is 1.18 bits per heavy atom. The van der Waals surface area contributed by atoms with Crippen molar-refractivity contribution in [1.82, 2.24) is 9.62 Å². The molecule has 1 aromatic heterocycles. The summed E-state index contributed by atoms with van der Waals surface area (Å²) in [6.07, 6.45) is 0.936. The fourth-order valence-corrected chi connectivity index (χ4v) is 6.58. The molecule has 0 bridgehead atoms. The second-order valence-electron chi connectivity index (χ2n) is 6.37. The van der Waals surface area contributed by atoms with Crippen LogP contribution in [0.15, 0.2) is 34.5 Å². The predicted octanol–water partition coefficient (Wildman–Crippen LogP) is 2.08. The molecule has 28 heavy (non-hydrogen) atoms. The number of halogens is 1. The average molecular weight is 440 g/mol. The molecule has 1 saturated heterocycles. The first-order valence-electron chi connectivity index (χ1n) is 8.35. The lowest BCUT2D eigenvalue weighted by Crippen LogP contribution is -2.42. The van der Waals surface area contributed by atoms with Crippen molar-refractivity contribution in [3.05, 3.63) is 45.8 Å². The van der Waals surface area contributed by atoms with Gasteiger partial charge in [0.1, 0.15) is 10.3 Å². The number of amides is 3. The number of nitrogens with zero attached hydrogens (tertiary/aromatic N) is 1. The van der Waals surface area contributed by atoms with Crippen molar-refractivity contribution < 1.29 is 22.8 Å². The minimum atomic E-state index is -3.83. The largest absolute Gasteiger partial charge is 0.325 e. The standard InChI is InChI=1S/C17H14ClN3O5S2/c18-13-5-6-14(27-13)28(25,26)21-7-1-2-12(21)17(24)19-9-3-4-10-11(8-9)16(23)20-15(10)22/h3-6,8,12H,1-2,7H2,(H,19,24)(H,20,22,23)/t12-/m1/s1. The van der Waals surface area contributed by atoms with E-state index in [0.29, 0.717) is 22.9 Å². The fourth-order valence-electron chi connectivity index (χ4n) is 3.31. The van der Waals surface area contributed by atoms with Gasteiger partial charge in [0.2, 0.25) is 5.91 Å². The van der Waals surface area contributed by atoms with E-state index < -0.39 is 33.8 Å². The van der Waals surface area contributed by atoms with E-state index in [1.807, 2.05) is 0 Å². The Morgan fingerprint density at radius 3 is 2.64 bits per heavy atom. The summed E-state index contributed by atoms with van der Waals surface area (Å²) >= 11 is 6.79. The van der Waals surface area contributed by atoms with Crippen molar-refractivity contribution in [3.8, 4) is 0 Å². The Labute approximate surface area is 169 Å². The van der Waals surface area contributed by atoms with Gasteiger partial charge < -0.3 is 5.32 Å². The summed E-state index contributed by atoms with van der Waals surface area (Å²) in [5.74, 6) is -1.51. The molecule has 11 heteroatoms. The molecule has 1 fully saturated rings. The van der Waals surface area contributed by atoms with Crippen LogP contribution >= 0.6 is 22.9 Å². The van der Waals surface area contributed by atoms with Crippen molar-refractivity contribution in [2.75, 3.05) is 11.9 Å². The van der Waals surface area contributed by atoms with Gasteiger partial charge in [-0.05, 0) is 43.2 Å². The molecular formula is C17H14ClN3O5S2. The van der Waals surface area contributed by atoms with E-state index in [1.165, 1.54) is 34.6 Å². The average Bonchev–Trinajstić information content (AvgIpc) is 3.35. The highest BCUT2D eigenvalue weighted by atomic mass is 35.5. The Kier molecular flexibility index (Phi) is 4.74. The predicted molar refractivity (Wildman–Crippen MR) is 103 cm³/mol. The van der Waals surface area contributed by atoms with Gasteiger partial charge in [0, 0.05) is 12.2 Å². The molecule has 1 aromatic carbocycles. The van der Waals surface area contributed by atoms with Crippen LogP contribution in [0.4, 0.5) is 5.69 Å². The van der Waals surface area contributed by atoms with Crippen molar-refractivity contribution >= 4 is 56.4 Å². The van der Waals surface area contributed by atoms with E-state index >= 15 is 0 Å². The van der Waals surface area contributed by atoms with Crippen LogP contribution in [-0.4, -0.2) is 43.0 Å². The molecule has 2 aliphatic rings. The van der Waals surface area contributed by atoms with Crippen LogP contribution < -0.4 is 10.6 Å². The molecule has 2 N–H and O–H groups in total. The van der Waals surface area contributed by atoms with E-state index in [2.05, 4.69) is 10.6 Å². The maximum Gasteiger partial charge on any atom is 0.259 e. The number of hydrogen-bond donors (Lipinski definition) is 2. The Hall–Kier alpha value is -2.27. The number of fused-ring (bicyclic) bond motifs is 1. The number of sulfonamides is 1. The number of carbonyl (C=O) groups excluding carboxylic acids is 3. The summed E-state index contributed by atoms with van der Waals surface area (Å²) in [6.45, 7) is 0.233. The van der Waals surface area contributed by atoms with Gasteiger partial charge in [-0.15, -0.1) is 11.3 Å². The maximum absolute atomic E-state index is 12.9. The second-order valence-corrected chi connectivity index (χ2v) is 10.2. The molecule has 2 aliphatic heterocycles. The number of rotatable bonds is 4. The molecule has 0 radical (unpaired) electrons. The fraction of sp³-hybridized carbons (Fsp3) is 0.235. The SMILES string of the molecule is O=C1NC(=O)c2cc(NC(=O)[C@H]3CCCN3S(=O)(=O)c3ccc(Cl)s3)ccc21. The van der Waals surface area contributed by atoms with Gasteiger partial charge in [-0.2, -0.15) is 4.31 Å². The minimum Gasteiger partial charge on any atom is -0.325 e. The van der Waals surface area contributed by atoms with Gasteiger partial charge in [0.05, 0.1) is 15.5 Å². The maximum atomic E-state index is 12.9. The molecule has 8 nitrogen and oxygen atoms in total. The number of benzene rings is 1. The van der Waals surface area contributed by atoms with Crippen LogP contribution in [0.2, 0.25) is 4.34 Å². The highest BCUT2D eigenvalue weighted by Crippen LogP contribution is 2.32. The summed E-state index contributed by atoms with van der Waals surface area (Å²) in [4.78, 5) is 36.1. The van der Waals surface area contributed by atoms with Gasteiger partial charge in [-0.3, -0.25) is 19.7 Å². The Morgan fingerprint density at radius 2 is 1.93 bits per heavy atom. The first-order valence-corrected chi connectivity index (χ1v) is 11.0. The molecule has 0 saturated carbocycles. The number of anilines is 1. The van der Waals surface area contributed by atoms with Crippen molar-refractivity contribution in [1.29, 1.82) is 0 Å². The highest BCUT2D eigenvalue weighted by Gasteiger charge is 2.40. The van der Waals surface area contributed by atoms with Gasteiger partial charge in [0.25, 0.3) is 21.8 Å². The zero-order valence-electron chi connectivity index (χ0n) is 14.3. The van der Waals surface area contributed by atoms with E-state index in [9.17, 15) is 22.8 Å². The van der Waals surface area contributed by atoms with E-state index in [0.717, 1.165) is 11.3 Å². The summed E-state index contributed by atoms with van der Waals surface area (Å²) in [6, 6.07) is 6.41. The molecule has 2 aromatic rings. The number of hydrogen-bond acceptors (Lipinski definition) is 6. The van der Waals surface area contributed by atoms with Crippen molar-refractivity contribution in [2.24, 2.45) is 0 Å². The monoisotopic (exact) mass is 439 g/mol. The Balaban J connectivity index is 1.56. The quantitative estimate of drug-likeness (QED) is 0.708. The van der Waals surface area contributed by atoms with Crippen LogP contribution in [0.25, 0.3) is 0 Å². The van der Waals surface area contributed by atoms with E-state index in [4.69, 9.17) is 11.6 Å². The molecule has 0 aliphatic carbocycles. The van der Waals surface area contributed by atoms with Crippen LogP contribution in [0.1, 0.15) is 33.6 Å². The zero-order chi connectivity index (χ0) is 20.1. The number of carbonyl (C=O) groups is 3. The van der Waals surface area contributed by atoms with Crippen LogP contribution in [0, 0.1) is 0 Å². The first kappa shape index (κ1) is 19.1. The lowest BCUT2D eigenvalue weighted by Gasteiger charge is -2.22. The summed E-state index contributed by atoms with van der Waals surface area (Å²) in [5.41, 5.74) is 0.728. The summed E-state index contributed by atoms with van der Waals surface area (Å²) in [5, 5.41) is 4.83. The lowest BCUT2D eigenvalue weighted by atomic mass is 10.1. The van der Waals surface area contributed by atoms with Crippen LogP contribution in [-0.2, 0) is 14.8 Å². The summed E-state index contributed by atoms with van der Waals surface area (Å²) in [7, 11) is -3.83. The van der Waals surface area contributed by atoms with Gasteiger partial charge in [-0.25, -0.2) is 8.42 Å². The third-order valence-electron chi connectivity index (χ3n) is 4.62. The number of thiophene rings is 1. The molecule has 146 valence electrons. The second kappa shape index (κ2) is 6.96. The topological polar surface area (TPSA) is 113 Å². The molecule has 0 spiro atoms. The van der Waals surface area contributed by atoms with Gasteiger partial charge in [0.15, 0.2) is 0 Å². The molecule has 3 amide bonds. The third-order valence-corrected chi connectivity index (χ3v) is 8.23. The zero-order valence-corrected chi connectivity index (χ0v) is 16.7. The lowest BCUT2D eigenvalue weighted by molar-refractivity contribution is -0.119. The smallest absolute Gasteiger partial charge is 0.259 e. The Bertz CT molecular complexity index is 1110. The van der Waals surface area contributed by atoms with Crippen LogP contribution in [0.5, 0.6) is 0 Å². The third kappa shape index (κ3) is 3.22.